The standard InChI is InChI=1S/C14H19AsO3/c1-14(2,3)12-6-9-8(11(7-15)18-12)4-5-10(16)13(9)17/h4-5,11-12,16-17H,6-7H2,1-3H3. The van der Waals surface area contributed by atoms with Crippen molar-refractivity contribution in [1.29, 1.82) is 0 Å². The van der Waals surface area contributed by atoms with Gasteiger partial charge in [0.05, 0.1) is 0 Å². The van der Waals surface area contributed by atoms with E-state index in [1.807, 2.05) is 6.07 Å². The maximum atomic E-state index is 10.0. The Kier molecular flexibility index (Phi) is 3.66. The number of aromatic hydroxyl groups is 2. The zero-order chi connectivity index (χ0) is 13.5. The number of rotatable bonds is 1. The van der Waals surface area contributed by atoms with E-state index in [1.54, 1.807) is 0 Å². The van der Waals surface area contributed by atoms with Gasteiger partial charge in [0.1, 0.15) is 0 Å². The molecule has 0 aliphatic carbocycles. The second-order valence-corrected chi connectivity index (χ2v) is 6.63. The SMILES string of the molecule is CC(C)(C)C1Cc2c(ccc(O)c2O)C(C[As])O1. The van der Waals surface area contributed by atoms with Gasteiger partial charge in [-0.1, -0.05) is 0 Å². The first-order valence-corrected chi connectivity index (χ1v) is 7.47. The number of benzene rings is 1. The molecule has 0 fully saturated rings. The third-order valence-corrected chi connectivity index (χ3v) is 4.19. The van der Waals surface area contributed by atoms with Crippen molar-refractivity contribution in [2.75, 3.05) is 0 Å². The first-order chi connectivity index (χ1) is 8.34. The van der Waals surface area contributed by atoms with Gasteiger partial charge >= 0.3 is 117 Å². The molecule has 2 rings (SSSR count). The summed E-state index contributed by atoms with van der Waals surface area (Å²) in [6.45, 7) is 6.39. The van der Waals surface area contributed by atoms with E-state index >= 15 is 0 Å². The molecule has 3 nitrogen and oxygen atoms in total. The van der Waals surface area contributed by atoms with E-state index in [9.17, 15) is 10.2 Å². The molecule has 2 atom stereocenters. The van der Waals surface area contributed by atoms with Crippen LogP contribution in [0.2, 0.25) is 5.21 Å². The molecule has 4 heteroatoms. The fourth-order valence-corrected chi connectivity index (χ4v) is 2.91. The second-order valence-electron chi connectivity index (χ2n) is 5.87. The Morgan fingerprint density at radius 2 is 2.00 bits per heavy atom. The number of phenolic OH excluding ortho intramolecular Hbond substituents is 2. The van der Waals surface area contributed by atoms with E-state index in [-0.39, 0.29) is 29.1 Å². The van der Waals surface area contributed by atoms with E-state index in [4.69, 9.17) is 4.74 Å². The number of fused-ring (bicyclic) bond motifs is 1. The molecule has 0 spiro atoms. The van der Waals surface area contributed by atoms with Crippen LogP contribution in [-0.4, -0.2) is 33.2 Å². The number of ether oxygens (including phenoxy) is 1. The zero-order valence-electron chi connectivity index (χ0n) is 11.0. The second kappa shape index (κ2) is 4.79. The molecular formula is C14H19AsO3. The van der Waals surface area contributed by atoms with Gasteiger partial charge in [-0.15, -0.1) is 0 Å². The van der Waals surface area contributed by atoms with E-state index in [0.29, 0.717) is 6.42 Å². The Morgan fingerprint density at radius 3 is 2.56 bits per heavy atom. The van der Waals surface area contributed by atoms with E-state index in [2.05, 4.69) is 37.6 Å². The molecule has 0 saturated heterocycles. The van der Waals surface area contributed by atoms with Gasteiger partial charge in [-0.25, -0.2) is 0 Å². The summed E-state index contributed by atoms with van der Waals surface area (Å²) >= 11 is 2.53. The molecule has 0 bridgehead atoms. The first kappa shape index (κ1) is 13.8. The predicted molar refractivity (Wildman–Crippen MR) is 71.1 cm³/mol. The predicted octanol–water partition coefficient (Wildman–Crippen LogP) is 2.71. The molecule has 1 aromatic rings. The summed E-state index contributed by atoms with van der Waals surface area (Å²) in [4.78, 5) is 0. The van der Waals surface area contributed by atoms with Crippen LogP contribution in [0.4, 0.5) is 0 Å². The third-order valence-electron chi connectivity index (χ3n) is 3.49. The van der Waals surface area contributed by atoms with Crippen LogP contribution >= 0.6 is 0 Å². The van der Waals surface area contributed by atoms with Gasteiger partial charge < -0.3 is 0 Å². The van der Waals surface area contributed by atoms with E-state index < -0.39 is 0 Å². The third kappa shape index (κ3) is 2.39. The summed E-state index contributed by atoms with van der Waals surface area (Å²) in [5.74, 6) is -0.0383. The van der Waals surface area contributed by atoms with Gasteiger partial charge in [0.25, 0.3) is 0 Å². The molecule has 0 amide bonds. The van der Waals surface area contributed by atoms with Gasteiger partial charge in [-0.3, -0.25) is 0 Å². The maximum absolute atomic E-state index is 10.0. The van der Waals surface area contributed by atoms with Crippen LogP contribution in [-0.2, 0) is 11.2 Å². The van der Waals surface area contributed by atoms with Crippen molar-refractivity contribution < 1.29 is 14.9 Å². The summed E-state index contributed by atoms with van der Waals surface area (Å²) in [6.07, 6.45) is 0.666. The monoisotopic (exact) mass is 310 g/mol. The Balaban J connectivity index is 2.46. The molecule has 1 aliphatic rings. The number of hydrogen-bond donors (Lipinski definition) is 2. The van der Waals surface area contributed by atoms with Crippen LogP contribution in [0.1, 0.15) is 38.0 Å². The fraction of sp³-hybridized carbons (Fsp3) is 0.571. The molecule has 2 unspecified atom stereocenters. The molecule has 1 aromatic carbocycles. The number of hydrogen-bond acceptors (Lipinski definition) is 3. The van der Waals surface area contributed by atoms with Gasteiger partial charge in [0, 0.05) is 0 Å². The normalized spacial score (nSPS) is 23.8. The summed E-state index contributed by atoms with van der Waals surface area (Å²) in [5, 5.41) is 20.5. The van der Waals surface area contributed by atoms with Crippen molar-refractivity contribution >= 4 is 16.9 Å². The zero-order valence-corrected chi connectivity index (χ0v) is 12.9. The molecule has 1 heterocycles. The molecule has 1 aliphatic heterocycles. The van der Waals surface area contributed by atoms with Crippen molar-refractivity contribution in [3.05, 3.63) is 23.3 Å². The summed E-state index contributed by atoms with van der Waals surface area (Å²) in [6, 6.07) is 3.38. The van der Waals surface area contributed by atoms with Crippen LogP contribution in [0.3, 0.4) is 0 Å². The Bertz CT molecular complexity index is 451. The molecule has 0 saturated carbocycles. The average Bonchev–Trinajstić information content (AvgIpc) is 2.31. The van der Waals surface area contributed by atoms with Crippen molar-refractivity contribution in [3.63, 3.8) is 0 Å². The Labute approximate surface area is 117 Å². The first-order valence-electron chi connectivity index (χ1n) is 6.14. The van der Waals surface area contributed by atoms with E-state index in [0.717, 1.165) is 16.3 Å². The average molecular weight is 310 g/mol. The summed E-state index contributed by atoms with van der Waals surface area (Å²) < 4.78 is 6.11. The molecule has 98 valence electrons. The molecule has 18 heavy (non-hydrogen) atoms. The fourth-order valence-electron chi connectivity index (χ4n) is 2.31. The summed E-state index contributed by atoms with van der Waals surface area (Å²) in [5.41, 5.74) is 1.83. The van der Waals surface area contributed by atoms with Gasteiger partial charge in [0.2, 0.25) is 0 Å². The van der Waals surface area contributed by atoms with Crippen molar-refractivity contribution in [1.82, 2.24) is 0 Å². The van der Waals surface area contributed by atoms with Crippen LogP contribution in [0, 0.1) is 5.41 Å². The van der Waals surface area contributed by atoms with Crippen molar-refractivity contribution in [3.8, 4) is 11.5 Å². The van der Waals surface area contributed by atoms with E-state index in [1.165, 1.54) is 6.07 Å². The van der Waals surface area contributed by atoms with Crippen LogP contribution in [0.15, 0.2) is 12.1 Å². The summed E-state index contributed by atoms with van der Waals surface area (Å²) in [7, 11) is 0. The molecule has 0 aromatic heterocycles. The quantitative estimate of drug-likeness (QED) is 0.619. The van der Waals surface area contributed by atoms with Gasteiger partial charge in [0.15, 0.2) is 0 Å². The number of phenols is 2. The van der Waals surface area contributed by atoms with Gasteiger partial charge in [-0.05, 0) is 0 Å². The van der Waals surface area contributed by atoms with Crippen LogP contribution < -0.4 is 0 Å². The van der Waals surface area contributed by atoms with Gasteiger partial charge in [-0.2, -0.15) is 0 Å². The molecule has 2 N–H and O–H groups in total. The minimum absolute atomic E-state index is 0.00993. The van der Waals surface area contributed by atoms with Crippen molar-refractivity contribution in [2.45, 2.75) is 44.6 Å². The topological polar surface area (TPSA) is 49.7 Å². The Hall–Kier alpha value is -0.662. The molecule has 2 radical (unpaired) electrons. The van der Waals surface area contributed by atoms with Crippen molar-refractivity contribution in [2.24, 2.45) is 5.41 Å². The van der Waals surface area contributed by atoms with Crippen LogP contribution in [0.25, 0.3) is 0 Å². The minimum atomic E-state index is -0.0485. The van der Waals surface area contributed by atoms with Crippen LogP contribution in [0.5, 0.6) is 11.5 Å². The Morgan fingerprint density at radius 1 is 1.33 bits per heavy atom. The molecular weight excluding hydrogens is 291 g/mol.